The van der Waals surface area contributed by atoms with Gasteiger partial charge in [-0.05, 0) is 13.0 Å². The minimum Gasteiger partial charge on any atom is -0.366 e. The molecule has 0 aromatic carbocycles. The van der Waals surface area contributed by atoms with Gasteiger partial charge in [-0.25, -0.2) is 8.42 Å². The van der Waals surface area contributed by atoms with Crippen LogP contribution < -0.4 is 10.5 Å². The van der Waals surface area contributed by atoms with Crippen LogP contribution >= 0.6 is 11.3 Å². The zero-order valence-electron chi connectivity index (χ0n) is 12.2. The van der Waals surface area contributed by atoms with Crippen LogP contribution in [-0.4, -0.2) is 24.5 Å². The molecular weight excluding hydrogens is 328 g/mol. The highest BCUT2D eigenvalue weighted by Gasteiger charge is 2.24. The van der Waals surface area contributed by atoms with E-state index >= 15 is 0 Å². The van der Waals surface area contributed by atoms with Gasteiger partial charge in [-0.1, -0.05) is 19.0 Å². The standard InChI is InChI=1S/C12H16N4O4S2/c1-6(2)11-14-12(20-15-11)7(3)16-22(18,19)9-4-8(5-21-9)10(13)17/h4-7,16H,1-3H3,(H2,13,17)/t7-/m0/s1. The Morgan fingerprint density at radius 2 is 2.09 bits per heavy atom. The molecule has 2 aromatic heterocycles. The second-order valence-corrected chi connectivity index (χ2v) is 7.86. The van der Waals surface area contributed by atoms with Gasteiger partial charge in [-0.2, -0.15) is 9.71 Å². The molecule has 2 aromatic rings. The molecule has 0 fully saturated rings. The molecule has 22 heavy (non-hydrogen) atoms. The number of thiophene rings is 1. The van der Waals surface area contributed by atoms with Crippen molar-refractivity contribution in [2.45, 2.75) is 36.9 Å². The number of aromatic nitrogens is 2. The van der Waals surface area contributed by atoms with Crippen LogP contribution in [-0.2, 0) is 10.0 Å². The summed E-state index contributed by atoms with van der Waals surface area (Å²) in [5.41, 5.74) is 5.26. The summed E-state index contributed by atoms with van der Waals surface area (Å²) in [6, 6.07) is 0.541. The van der Waals surface area contributed by atoms with Crippen molar-refractivity contribution in [3.05, 3.63) is 28.7 Å². The highest BCUT2D eigenvalue weighted by Crippen LogP contribution is 2.22. The van der Waals surface area contributed by atoms with Crippen molar-refractivity contribution < 1.29 is 17.7 Å². The van der Waals surface area contributed by atoms with E-state index in [2.05, 4.69) is 14.9 Å². The van der Waals surface area contributed by atoms with Crippen molar-refractivity contribution in [2.75, 3.05) is 0 Å². The molecule has 0 spiro atoms. The third-order valence-electron chi connectivity index (χ3n) is 2.80. The first-order valence-corrected chi connectivity index (χ1v) is 8.81. The highest BCUT2D eigenvalue weighted by molar-refractivity contribution is 7.91. The molecular formula is C12H16N4O4S2. The van der Waals surface area contributed by atoms with Crippen LogP contribution in [0.5, 0.6) is 0 Å². The Bertz CT molecular complexity index is 779. The zero-order valence-corrected chi connectivity index (χ0v) is 13.9. The number of sulfonamides is 1. The quantitative estimate of drug-likeness (QED) is 0.815. The van der Waals surface area contributed by atoms with Crippen molar-refractivity contribution in [3.8, 4) is 0 Å². The number of carbonyl (C=O) groups is 1. The summed E-state index contributed by atoms with van der Waals surface area (Å²) in [5.74, 6) is 0.0908. The number of nitrogens with one attached hydrogen (secondary N) is 1. The van der Waals surface area contributed by atoms with Gasteiger partial charge in [0.25, 0.3) is 10.0 Å². The Hall–Kier alpha value is -1.78. The van der Waals surface area contributed by atoms with E-state index in [1.54, 1.807) is 6.92 Å². The Morgan fingerprint density at radius 3 is 2.59 bits per heavy atom. The average molecular weight is 344 g/mol. The van der Waals surface area contributed by atoms with Crippen molar-refractivity contribution in [1.29, 1.82) is 0 Å². The van der Waals surface area contributed by atoms with E-state index in [1.165, 1.54) is 11.4 Å². The van der Waals surface area contributed by atoms with Crippen LogP contribution in [0, 0.1) is 0 Å². The second-order valence-electron chi connectivity index (χ2n) is 5.01. The molecule has 0 radical (unpaired) electrons. The number of hydrogen-bond donors (Lipinski definition) is 2. The summed E-state index contributed by atoms with van der Waals surface area (Å²) in [4.78, 5) is 15.2. The maximum atomic E-state index is 12.2. The molecule has 2 rings (SSSR count). The maximum Gasteiger partial charge on any atom is 0.250 e. The van der Waals surface area contributed by atoms with Gasteiger partial charge in [-0.3, -0.25) is 4.79 Å². The monoisotopic (exact) mass is 344 g/mol. The number of carbonyl (C=O) groups excluding carboxylic acids is 1. The van der Waals surface area contributed by atoms with Crippen LogP contribution in [0.25, 0.3) is 0 Å². The molecule has 120 valence electrons. The summed E-state index contributed by atoms with van der Waals surface area (Å²) < 4.78 is 32.0. The minimum atomic E-state index is -3.80. The topological polar surface area (TPSA) is 128 Å². The fraction of sp³-hybridized carbons (Fsp3) is 0.417. The highest BCUT2D eigenvalue weighted by atomic mass is 32.2. The largest absolute Gasteiger partial charge is 0.366 e. The van der Waals surface area contributed by atoms with Gasteiger partial charge in [0.1, 0.15) is 4.21 Å². The van der Waals surface area contributed by atoms with E-state index in [0.717, 1.165) is 11.3 Å². The zero-order chi connectivity index (χ0) is 16.5. The lowest BCUT2D eigenvalue weighted by Crippen LogP contribution is -2.26. The Labute approximate surface area is 131 Å². The molecule has 1 atom stereocenters. The lowest BCUT2D eigenvalue weighted by molar-refractivity contribution is 0.100. The summed E-state index contributed by atoms with van der Waals surface area (Å²) in [5, 5.41) is 5.18. The predicted molar refractivity (Wildman–Crippen MR) is 80.0 cm³/mol. The van der Waals surface area contributed by atoms with E-state index < -0.39 is 22.0 Å². The van der Waals surface area contributed by atoms with E-state index in [4.69, 9.17) is 10.3 Å². The summed E-state index contributed by atoms with van der Waals surface area (Å²) in [6.45, 7) is 5.40. The lowest BCUT2D eigenvalue weighted by atomic mass is 10.2. The number of primary amides is 1. The number of amides is 1. The van der Waals surface area contributed by atoms with Crippen LogP contribution in [0.15, 0.2) is 20.2 Å². The van der Waals surface area contributed by atoms with Gasteiger partial charge < -0.3 is 10.3 Å². The van der Waals surface area contributed by atoms with Crippen molar-refractivity contribution in [1.82, 2.24) is 14.9 Å². The molecule has 0 aliphatic rings. The lowest BCUT2D eigenvalue weighted by Gasteiger charge is -2.08. The van der Waals surface area contributed by atoms with Gasteiger partial charge in [0.05, 0.1) is 11.6 Å². The van der Waals surface area contributed by atoms with Crippen molar-refractivity contribution in [2.24, 2.45) is 5.73 Å². The molecule has 8 nitrogen and oxygen atoms in total. The van der Waals surface area contributed by atoms with Gasteiger partial charge >= 0.3 is 0 Å². The molecule has 0 unspecified atom stereocenters. The van der Waals surface area contributed by atoms with Crippen molar-refractivity contribution in [3.63, 3.8) is 0 Å². The number of nitrogens with two attached hydrogens (primary N) is 1. The smallest absolute Gasteiger partial charge is 0.250 e. The number of nitrogens with zero attached hydrogens (tertiary/aromatic N) is 2. The van der Waals surface area contributed by atoms with E-state index in [9.17, 15) is 13.2 Å². The molecule has 0 bridgehead atoms. The minimum absolute atomic E-state index is 0.00301. The van der Waals surface area contributed by atoms with Gasteiger partial charge in [0, 0.05) is 11.3 Å². The first-order chi connectivity index (χ1) is 10.2. The molecule has 1 amide bonds. The fourth-order valence-corrected chi connectivity index (χ4v) is 3.97. The normalized spacial score (nSPS) is 13.5. The number of hydrogen-bond acceptors (Lipinski definition) is 7. The van der Waals surface area contributed by atoms with Crippen LogP contribution in [0.4, 0.5) is 0 Å². The van der Waals surface area contributed by atoms with E-state index in [-0.39, 0.29) is 21.6 Å². The molecule has 0 saturated carbocycles. The first kappa shape index (κ1) is 16.6. The van der Waals surface area contributed by atoms with Crippen LogP contribution in [0.3, 0.4) is 0 Å². The maximum absolute atomic E-state index is 12.2. The first-order valence-electron chi connectivity index (χ1n) is 6.45. The molecule has 0 aliphatic heterocycles. The third-order valence-corrected chi connectivity index (χ3v) is 5.78. The second kappa shape index (κ2) is 6.15. The summed E-state index contributed by atoms with van der Waals surface area (Å²) in [6.07, 6.45) is 0. The SMILES string of the molecule is CC(C)c1noc([C@H](C)NS(=O)(=O)c2cc(C(N)=O)cs2)n1. The van der Waals surface area contributed by atoms with Gasteiger partial charge in [0.15, 0.2) is 5.82 Å². The molecule has 10 heteroatoms. The van der Waals surface area contributed by atoms with E-state index in [1.807, 2.05) is 13.8 Å². The number of rotatable bonds is 6. The molecule has 0 saturated heterocycles. The third kappa shape index (κ3) is 3.51. The van der Waals surface area contributed by atoms with Gasteiger partial charge in [-0.15, -0.1) is 11.3 Å². The molecule has 2 heterocycles. The Balaban J connectivity index is 2.17. The van der Waals surface area contributed by atoms with Crippen molar-refractivity contribution >= 4 is 27.3 Å². The Morgan fingerprint density at radius 1 is 1.41 bits per heavy atom. The summed E-state index contributed by atoms with van der Waals surface area (Å²) >= 11 is 0.914. The average Bonchev–Trinajstić information content (AvgIpc) is 3.08. The molecule has 0 aliphatic carbocycles. The fourth-order valence-electron chi connectivity index (χ4n) is 1.59. The van der Waals surface area contributed by atoms with Gasteiger partial charge in [0.2, 0.25) is 11.8 Å². The predicted octanol–water partition coefficient (Wildman–Crippen LogP) is 1.39. The summed E-state index contributed by atoms with van der Waals surface area (Å²) in [7, 11) is -3.80. The molecule has 3 N–H and O–H groups in total. The van der Waals surface area contributed by atoms with E-state index in [0.29, 0.717) is 5.82 Å². The Kier molecular flexibility index (Phi) is 4.63. The van der Waals surface area contributed by atoms with Crippen LogP contribution in [0.1, 0.15) is 54.8 Å². The van der Waals surface area contributed by atoms with Crippen LogP contribution in [0.2, 0.25) is 0 Å².